The van der Waals surface area contributed by atoms with E-state index in [2.05, 4.69) is 5.32 Å². The number of hydrogen-bond donors (Lipinski definition) is 1. The average molecular weight is 591 g/mol. The molecule has 1 N–H and O–H groups in total. The topological polar surface area (TPSA) is 86.8 Å². The van der Waals surface area contributed by atoms with Gasteiger partial charge in [-0.1, -0.05) is 60.5 Å². The Morgan fingerprint density at radius 1 is 0.923 bits per heavy atom. The lowest BCUT2D eigenvalue weighted by molar-refractivity contribution is -0.139. The van der Waals surface area contributed by atoms with Crippen LogP contribution in [0.1, 0.15) is 38.3 Å². The summed E-state index contributed by atoms with van der Waals surface area (Å²) >= 11 is 12.2. The molecular formula is C29H33Cl2N3O4S. The van der Waals surface area contributed by atoms with E-state index >= 15 is 0 Å². The molecule has 0 aliphatic carbocycles. The summed E-state index contributed by atoms with van der Waals surface area (Å²) in [5.74, 6) is -0.858. The van der Waals surface area contributed by atoms with Crippen LogP contribution in [0.2, 0.25) is 10.0 Å². The van der Waals surface area contributed by atoms with Gasteiger partial charge in [0, 0.05) is 22.6 Å². The molecule has 2 unspecified atom stereocenters. The quantitative estimate of drug-likeness (QED) is 0.305. The summed E-state index contributed by atoms with van der Waals surface area (Å²) in [4.78, 5) is 28.4. The smallest absolute Gasteiger partial charge is 0.264 e. The first-order valence-corrected chi connectivity index (χ1v) is 14.8. The number of rotatable bonds is 11. The highest BCUT2D eigenvalue weighted by atomic mass is 35.5. The Hall–Kier alpha value is -3.07. The van der Waals surface area contributed by atoms with Crippen molar-refractivity contribution in [3.05, 3.63) is 94.0 Å². The first-order chi connectivity index (χ1) is 18.4. The summed E-state index contributed by atoms with van der Waals surface area (Å²) in [5, 5.41) is 3.62. The van der Waals surface area contributed by atoms with Gasteiger partial charge in [0.2, 0.25) is 11.8 Å². The summed E-state index contributed by atoms with van der Waals surface area (Å²) in [6.07, 6.45) is 0.728. The van der Waals surface area contributed by atoms with E-state index in [1.54, 1.807) is 25.1 Å². The average Bonchev–Trinajstić information content (AvgIpc) is 2.90. The highest BCUT2D eigenvalue weighted by Crippen LogP contribution is 2.27. The molecule has 0 fully saturated rings. The van der Waals surface area contributed by atoms with Crippen molar-refractivity contribution < 1.29 is 18.0 Å². The molecule has 3 rings (SSSR count). The lowest BCUT2D eigenvalue weighted by Crippen LogP contribution is -2.52. The van der Waals surface area contributed by atoms with E-state index < -0.39 is 28.5 Å². The summed E-state index contributed by atoms with van der Waals surface area (Å²) < 4.78 is 28.6. The Morgan fingerprint density at radius 3 is 2.21 bits per heavy atom. The molecule has 3 aromatic carbocycles. The van der Waals surface area contributed by atoms with Crippen molar-refractivity contribution in [3.63, 3.8) is 0 Å². The maximum Gasteiger partial charge on any atom is 0.264 e. The van der Waals surface area contributed by atoms with Gasteiger partial charge < -0.3 is 10.2 Å². The molecule has 0 aliphatic heterocycles. The van der Waals surface area contributed by atoms with Crippen LogP contribution in [0.25, 0.3) is 0 Å². The van der Waals surface area contributed by atoms with Gasteiger partial charge in [0.25, 0.3) is 10.0 Å². The standard InChI is InChI=1S/C29H33Cl2N3O4S/c1-5-21(3)32-29(36)22(4)33(18-23-10-7-6-9-20(23)2)28(35)19-34(26-12-8-11-25(31)17-26)39(37,38)27-15-13-24(30)14-16-27/h6-17,21-22H,5,18-19H2,1-4H3,(H,32,36). The third-order valence-corrected chi connectivity index (χ3v) is 8.82. The molecule has 7 nitrogen and oxygen atoms in total. The third kappa shape index (κ3) is 7.75. The van der Waals surface area contributed by atoms with Gasteiger partial charge in [0.1, 0.15) is 12.6 Å². The molecule has 3 aromatic rings. The SMILES string of the molecule is CCC(C)NC(=O)C(C)N(Cc1ccccc1C)C(=O)CN(c1cccc(Cl)c1)S(=O)(=O)c1ccc(Cl)cc1. The largest absolute Gasteiger partial charge is 0.352 e. The fourth-order valence-electron chi connectivity index (χ4n) is 3.91. The third-order valence-electron chi connectivity index (χ3n) is 6.55. The highest BCUT2D eigenvalue weighted by molar-refractivity contribution is 7.92. The molecular weight excluding hydrogens is 557 g/mol. The molecule has 0 aliphatic rings. The van der Waals surface area contributed by atoms with E-state index in [9.17, 15) is 18.0 Å². The normalized spacial score (nSPS) is 12.9. The van der Waals surface area contributed by atoms with E-state index in [4.69, 9.17) is 23.2 Å². The van der Waals surface area contributed by atoms with Crippen LogP contribution in [0.15, 0.2) is 77.7 Å². The second-order valence-corrected chi connectivity index (χ2v) is 12.1. The fraction of sp³-hybridized carbons (Fsp3) is 0.310. The van der Waals surface area contributed by atoms with Crippen LogP contribution >= 0.6 is 23.2 Å². The van der Waals surface area contributed by atoms with Gasteiger partial charge in [-0.2, -0.15) is 0 Å². The number of sulfonamides is 1. The van der Waals surface area contributed by atoms with Crippen LogP contribution in [-0.4, -0.2) is 43.8 Å². The van der Waals surface area contributed by atoms with Crippen molar-refractivity contribution in [2.24, 2.45) is 0 Å². The molecule has 0 aromatic heterocycles. The number of hydrogen-bond acceptors (Lipinski definition) is 4. The van der Waals surface area contributed by atoms with Gasteiger partial charge in [0.15, 0.2) is 0 Å². The van der Waals surface area contributed by atoms with E-state index in [0.29, 0.717) is 10.0 Å². The van der Waals surface area contributed by atoms with E-state index in [0.717, 1.165) is 21.9 Å². The van der Waals surface area contributed by atoms with Gasteiger partial charge in [0.05, 0.1) is 10.6 Å². The van der Waals surface area contributed by atoms with Crippen molar-refractivity contribution in [1.29, 1.82) is 0 Å². The lowest BCUT2D eigenvalue weighted by atomic mass is 10.1. The first kappa shape index (κ1) is 30.5. The Bertz CT molecular complexity index is 1410. The maximum atomic E-state index is 13.9. The second kappa shape index (κ2) is 13.3. The summed E-state index contributed by atoms with van der Waals surface area (Å²) in [7, 11) is -4.20. The predicted molar refractivity (Wildman–Crippen MR) is 157 cm³/mol. The number of carbonyl (C=O) groups is 2. The number of nitrogens with zero attached hydrogens (tertiary/aromatic N) is 2. The highest BCUT2D eigenvalue weighted by Gasteiger charge is 2.33. The minimum absolute atomic E-state index is 0.0345. The van der Waals surface area contributed by atoms with Crippen molar-refractivity contribution >= 4 is 50.7 Å². The van der Waals surface area contributed by atoms with E-state index in [1.807, 2.05) is 45.0 Å². The molecule has 0 saturated carbocycles. The number of anilines is 1. The fourth-order valence-corrected chi connectivity index (χ4v) is 5.63. The minimum Gasteiger partial charge on any atom is -0.352 e. The number of nitrogens with one attached hydrogen (secondary N) is 1. The van der Waals surface area contributed by atoms with Gasteiger partial charge in [-0.15, -0.1) is 0 Å². The molecule has 2 amide bonds. The Labute approximate surface area is 240 Å². The molecule has 0 heterocycles. The van der Waals surface area contributed by atoms with Crippen LogP contribution in [0.4, 0.5) is 5.69 Å². The van der Waals surface area contributed by atoms with Crippen molar-refractivity contribution in [1.82, 2.24) is 10.2 Å². The van der Waals surface area contributed by atoms with Crippen LogP contribution in [0, 0.1) is 6.92 Å². The molecule has 0 spiro atoms. The number of halogens is 2. The second-order valence-electron chi connectivity index (χ2n) is 9.39. The van der Waals surface area contributed by atoms with Crippen LogP contribution in [-0.2, 0) is 26.2 Å². The maximum absolute atomic E-state index is 13.9. The Balaban J connectivity index is 2.04. The molecule has 39 heavy (non-hydrogen) atoms. The molecule has 208 valence electrons. The van der Waals surface area contributed by atoms with Crippen LogP contribution < -0.4 is 9.62 Å². The van der Waals surface area contributed by atoms with Gasteiger partial charge in [-0.25, -0.2) is 8.42 Å². The number of benzene rings is 3. The van der Waals surface area contributed by atoms with Crippen molar-refractivity contribution in [3.8, 4) is 0 Å². The van der Waals surface area contributed by atoms with Crippen molar-refractivity contribution in [2.45, 2.75) is 57.6 Å². The number of aryl methyl sites for hydroxylation is 1. The zero-order valence-electron chi connectivity index (χ0n) is 22.4. The number of carbonyl (C=O) groups excluding carboxylic acids is 2. The van der Waals surface area contributed by atoms with Crippen molar-refractivity contribution in [2.75, 3.05) is 10.8 Å². The monoisotopic (exact) mass is 589 g/mol. The first-order valence-electron chi connectivity index (χ1n) is 12.6. The molecule has 10 heteroatoms. The van der Waals surface area contributed by atoms with Gasteiger partial charge in [-0.05, 0) is 80.8 Å². The molecule has 2 atom stereocenters. The summed E-state index contributed by atoms with van der Waals surface area (Å²) in [5.41, 5.74) is 2.02. The van der Waals surface area contributed by atoms with Gasteiger partial charge in [-0.3, -0.25) is 13.9 Å². The van der Waals surface area contributed by atoms with E-state index in [-0.39, 0.29) is 29.1 Å². The summed E-state index contributed by atoms with van der Waals surface area (Å²) in [6.45, 7) is 6.99. The molecule has 0 saturated heterocycles. The zero-order chi connectivity index (χ0) is 28.7. The van der Waals surface area contributed by atoms with Crippen LogP contribution in [0.3, 0.4) is 0 Å². The number of amides is 2. The Kier molecular flexibility index (Phi) is 10.4. The summed E-state index contributed by atoms with van der Waals surface area (Å²) in [6, 6.07) is 18.6. The van der Waals surface area contributed by atoms with Crippen LogP contribution in [0.5, 0.6) is 0 Å². The van der Waals surface area contributed by atoms with Gasteiger partial charge >= 0.3 is 0 Å². The Morgan fingerprint density at radius 2 is 1.59 bits per heavy atom. The van der Waals surface area contributed by atoms with E-state index in [1.165, 1.54) is 35.2 Å². The molecule has 0 bridgehead atoms. The zero-order valence-corrected chi connectivity index (χ0v) is 24.7. The minimum atomic E-state index is -4.20. The predicted octanol–water partition coefficient (Wildman–Crippen LogP) is 5.83. The lowest BCUT2D eigenvalue weighted by Gasteiger charge is -2.32. The molecule has 0 radical (unpaired) electrons.